The van der Waals surface area contributed by atoms with E-state index >= 15 is 0 Å². The monoisotopic (exact) mass is 210 g/mol. The van der Waals surface area contributed by atoms with E-state index in [1.54, 1.807) is 0 Å². The first-order valence-electron chi connectivity index (χ1n) is 5.91. The van der Waals surface area contributed by atoms with Gasteiger partial charge in [0.1, 0.15) is 0 Å². The van der Waals surface area contributed by atoms with Gasteiger partial charge in [-0.15, -0.1) is 0 Å². The van der Waals surface area contributed by atoms with Crippen molar-refractivity contribution in [1.29, 1.82) is 0 Å². The minimum Gasteiger partial charge on any atom is -0.395 e. The molecule has 3 aliphatic rings. The minimum atomic E-state index is -0.200. The van der Waals surface area contributed by atoms with Crippen LogP contribution in [0, 0.1) is 11.3 Å². The fourth-order valence-corrected chi connectivity index (χ4v) is 3.77. The fraction of sp³-hybridized carbons (Fsp3) is 0.909. The van der Waals surface area contributed by atoms with Gasteiger partial charge in [-0.25, -0.2) is 0 Å². The smallest absolute Gasteiger partial charge is 0.228 e. The summed E-state index contributed by atoms with van der Waals surface area (Å²) in [5.41, 5.74) is -0.200. The molecule has 0 bridgehead atoms. The predicted molar refractivity (Wildman–Crippen MR) is 55.2 cm³/mol. The highest BCUT2D eigenvalue weighted by atomic mass is 16.3. The Morgan fingerprint density at radius 1 is 1.47 bits per heavy atom. The van der Waals surface area contributed by atoms with E-state index in [1.807, 2.05) is 0 Å². The maximum atomic E-state index is 12.0. The summed E-state index contributed by atoms with van der Waals surface area (Å²) < 4.78 is 0. The molecule has 4 atom stereocenters. The highest BCUT2D eigenvalue weighted by Crippen LogP contribution is 2.49. The molecule has 0 aromatic heterocycles. The molecular formula is C11H18N2O2. The van der Waals surface area contributed by atoms with E-state index in [2.05, 4.69) is 10.6 Å². The number of aliphatic hydroxyl groups is 1. The average Bonchev–Trinajstić information content (AvgIpc) is 2.87. The molecule has 1 spiro atoms. The van der Waals surface area contributed by atoms with Crippen molar-refractivity contribution in [2.75, 3.05) is 13.2 Å². The second-order valence-electron chi connectivity index (χ2n) is 5.24. The van der Waals surface area contributed by atoms with E-state index in [-0.39, 0.29) is 24.0 Å². The number of nitrogens with one attached hydrogen (secondary N) is 2. The molecule has 0 aromatic carbocycles. The Bertz CT molecular complexity index is 294. The largest absolute Gasteiger partial charge is 0.395 e. The van der Waals surface area contributed by atoms with Crippen molar-refractivity contribution in [2.45, 2.75) is 37.8 Å². The van der Waals surface area contributed by atoms with Crippen LogP contribution in [0.4, 0.5) is 0 Å². The van der Waals surface area contributed by atoms with Gasteiger partial charge in [-0.3, -0.25) is 4.79 Å². The average molecular weight is 210 g/mol. The molecule has 3 fully saturated rings. The van der Waals surface area contributed by atoms with Gasteiger partial charge >= 0.3 is 0 Å². The van der Waals surface area contributed by atoms with Gasteiger partial charge in [0.25, 0.3) is 0 Å². The maximum absolute atomic E-state index is 12.0. The van der Waals surface area contributed by atoms with Crippen LogP contribution in [0.3, 0.4) is 0 Å². The summed E-state index contributed by atoms with van der Waals surface area (Å²) in [5, 5.41) is 15.5. The zero-order chi connectivity index (χ0) is 10.5. The molecule has 15 heavy (non-hydrogen) atoms. The van der Waals surface area contributed by atoms with Crippen molar-refractivity contribution < 1.29 is 9.90 Å². The molecule has 0 radical (unpaired) electrons. The standard InChI is InChI=1S/C11H18N2O2/c14-5-7-4-11(6-12-7)8-2-1-3-9(8)13-10(11)15/h7-9,12,14H,1-6H2,(H,13,15)/t7?,8?,9-,11?/m1/s1. The number of amides is 1. The number of rotatable bonds is 1. The van der Waals surface area contributed by atoms with Gasteiger partial charge < -0.3 is 15.7 Å². The number of fused-ring (bicyclic) bond motifs is 2. The van der Waals surface area contributed by atoms with Gasteiger partial charge in [0, 0.05) is 18.6 Å². The number of hydrogen-bond donors (Lipinski definition) is 3. The van der Waals surface area contributed by atoms with Crippen molar-refractivity contribution in [3.63, 3.8) is 0 Å². The normalized spacial score (nSPS) is 48.6. The SMILES string of the molecule is O=C1N[C@@H]2CCCC2C12CNC(CO)C2. The van der Waals surface area contributed by atoms with Crippen LogP contribution >= 0.6 is 0 Å². The van der Waals surface area contributed by atoms with Crippen molar-refractivity contribution in [3.8, 4) is 0 Å². The van der Waals surface area contributed by atoms with Crippen LogP contribution in [-0.4, -0.2) is 36.2 Å². The summed E-state index contributed by atoms with van der Waals surface area (Å²) in [6.45, 7) is 0.900. The molecule has 3 N–H and O–H groups in total. The highest BCUT2D eigenvalue weighted by Gasteiger charge is 2.58. The summed E-state index contributed by atoms with van der Waals surface area (Å²) >= 11 is 0. The zero-order valence-electron chi connectivity index (χ0n) is 8.83. The van der Waals surface area contributed by atoms with E-state index in [4.69, 9.17) is 5.11 Å². The van der Waals surface area contributed by atoms with Crippen molar-refractivity contribution in [2.24, 2.45) is 11.3 Å². The molecular weight excluding hydrogens is 192 g/mol. The molecule has 3 unspecified atom stereocenters. The summed E-state index contributed by atoms with van der Waals surface area (Å²) in [6.07, 6.45) is 4.36. The number of aliphatic hydroxyl groups excluding tert-OH is 1. The first-order valence-corrected chi connectivity index (χ1v) is 5.91. The molecule has 0 aromatic rings. The molecule has 1 amide bonds. The van der Waals surface area contributed by atoms with E-state index < -0.39 is 0 Å². The quantitative estimate of drug-likeness (QED) is 0.553. The lowest BCUT2D eigenvalue weighted by atomic mass is 9.74. The summed E-state index contributed by atoms with van der Waals surface area (Å²) in [5.74, 6) is 0.731. The fourth-order valence-electron chi connectivity index (χ4n) is 3.77. The minimum absolute atomic E-state index is 0.120. The first-order chi connectivity index (χ1) is 7.26. The Kier molecular flexibility index (Phi) is 2.04. The van der Waals surface area contributed by atoms with Gasteiger partial charge in [-0.05, 0) is 25.2 Å². The van der Waals surface area contributed by atoms with Gasteiger partial charge in [0.15, 0.2) is 0 Å². The second kappa shape index (κ2) is 3.19. The Morgan fingerprint density at radius 2 is 2.33 bits per heavy atom. The summed E-state index contributed by atoms with van der Waals surface area (Å²) in [4.78, 5) is 12.0. The van der Waals surface area contributed by atoms with E-state index in [9.17, 15) is 4.79 Å². The first kappa shape index (κ1) is 9.60. The number of hydrogen-bond acceptors (Lipinski definition) is 3. The molecule has 2 aliphatic heterocycles. The third kappa shape index (κ3) is 1.18. The van der Waals surface area contributed by atoms with Crippen LogP contribution in [0.25, 0.3) is 0 Å². The number of carbonyl (C=O) groups is 1. The Hall–Kier alpha value is -0.610. The second-order valence-corrected chi connectivity index (χ2v) is 5.24. The number of carbonyl (C=O) groups excluding carboxylic acids is 1. The van der Waals surface area contributed by atoms with Crippen LogP contribution in [0.5, 0.6) is 0 Å². The molecule has 2 saturated heterocycles. The summed E-state index contributed by atoms with van der Waals surface area (Å²) in [7, 11) is 0. The van der Waals surface area contributed by atoms with Crippen molar-refractivity contribution in [1.82, 2.24) is 10.6 Å². The molecule has 1 aliphatic carbocycles. The predicted octanol–water partition coefficient (Wildman–Crippen LogP) is -0.375. The topological polar surface area (TPSA) is 61.4 Å². The maximum Gasteiger partial charge on any atom is 0.228 e. The highest BCUT2D eigenvalue weighted by molar-refractivity contribution is 5.86. The Balaban J connectivity index is 1.87. The van der Waals surface area contributed by atoms with Crippen LogP contribution in [-0.2, 0) is 4.79 Å². The lowest BCUT2D eigenvalue weighted by Gasteiger charge is -2.26. The molecule has 2 heterocycles. The van der Waals surface area contributed by atoms with E-state index in [0.29, 0.717) is 12.0 Å². The molecule has 3 rings (SSSR count). The lowest BCUT2D eigenvalue weighted by Crippen LogP contribution is -2.37. The molecule has 1 saturated carbocycles. The van der Waals surface area contributed by atoms with Gasteiger partial charge in [0.05, 0.1) is 12.0 Å². The molecule has 84 valence electrons. The van der Waals surface area contributed by atoms with Gasteiger partial charge in [-0.2, -0.15) is 0 Å². The van der Waals surface area contributed by atoms with Crippen LogP contribution < -0.4 is 10.6 Å². The van der Waals surface area contributed by atoms with Gasteiger partial charge in [0.2, 0.25) is 5.91 Å². The molecule has 4 nitrogen and oxygen atoms in total. The Morgan fingerprint density at radius 3 is 3.07 bits per heavy atom. The lowest BCUT2D eigenvalue weighted by molar-refractivity contribution is -0.128. The van der Waals surface area contributed by atoms with Crippen molar-refractivity contribution >= 4 is 5.91 Å². The third-order valence-electron chi connectivity index (χ3n) is 4.53. The molecule has 4 heteroatoms. The third-order valence-corrected chi connectivity index (χ3v) is 4.53. The van der Waals surface area contributed by atoms with Gasteiger partial charge in [-0.1, -0.05) is 6.42 Å². The van der Waals surface area contributed by atoms with Crippen LogP contribution in [0.1, 0.15) is 25.7 Å². The van der Waals surface area contributed by atoms with Crippen LogP contribution in [0.15, 0.2) is 0 Å². The van der Waals surface area contributed by atoms with Crippen LogP contribution in [0.2, 0.25) is 0 Å². The van der Waals surface area contributed by atoms with E-state index in [0.717, 1.165) is 19.4 Å². The van der Waals surface area contributed by atoms with E-state index in [1.165, 1.54) is 12.8 Å². The summed E-state index contributed by atoms with van der Waals surface area (Å²) in [6, 6.07) is 0.534. The van der Waals surface area contributed by atoms with Crippen molar-refractivity contribution in [3.05, 3.63) is 0 Å². The zero-order valence-corrected chi connectivity index (χ0v) is 8.83. The Labute approximate surface area is 89.4 Å².